The SMILES string of the molecule is CC(CN1CCOCC1)Nc1cc(F)ccc1N. The summed E-state index contributed by atoms with van der Waals surface area (Å²) in [6.07, 6.45) is 0. The molecule has 1 aliphatic rings. The number of hydrogen-bond donors (Lipinski definition) is 2. The molecule has 1 fully saturated rings. The number of rotatable bonds is 4. The van der Waals surface area contributed by atoms with Gasteiger partial charge in [0.15, 0.2) is 0 Å². The maximum atomic E-state index is 13.1. The first kappa shape index (κ1) is 13.1. The Kier molecular flexibility index (Phi) is 4.38. The molecule has 1 heterocycles. The number of hydrogen-bond acceptors (Lipinski definition) is 4. The molecule has 1 unspecified atom stereocenters. The van der Waals surface area contributed by atoms with Gasteiger partial charge in [0.05, 0.1) is 24.6 Å². The molecule has 2 rings (SSSR count). The van der Waals surface area contributed by atoms with Crippen LogP contribution >= 0.6 is 0 Å². The molecule has 0 bridgehead atoms. The first-order valence-corrected chi connectivity index (χ1v) is 6.27. The summed E-state index contributed by atoms with van der Waals surface area (Å²) in [5.41, 5.74) is 7.05. The number of morpholine rings is 1. The Morgan fingerprint density at radius 1 is 1.44 bits per heavy atom. The van der Waals surface area contributed by atoms with Crippen LogP contribution < -0.4 is 11.1 Å². The summed E-state index contributed by atoms with van der Waals surface area (Å²) in [5.74, 6) is -0.273. The lowest BCUT2D eigenvalue weighted by Crippen LogP contribution is -2.42. The van der Waals surface area contributed by atoms with Crippen LogP contribution in [0.4, 0.5) is 15.8 Å². The van der Waals surface area contributed by atoms with Crippen LogP contribution in [-0.2, 0) is 4.74 Å². The molecule has 1 saturated heterocycles. The average molecular weight is 253 g/mol. The molecule has 1 aromatic carbocycles. The van der Waals surface area contributed by atoms with Gasteiger partial charge in [-0.1, -0.05) is 0 Å². The average Bonchev–Trinajstić information content (AvgIpc) is 2.35. The highest BCUT2D eigenvalue weighted by atomic mass is 19.1. The first-order chi connectivity index (χ1) is 8.65. The molecule has 1 aliphatic heterocycles. The monoisotopic (exact) mass is 253 g/mol. The standard InChI is InChI=1S/C13H20FN3O/c1-10(9-17-4-6-18-7-5-17)16-13-8-11(14)2-3-12(13)15/h2-3,8,10,16H,4-7,9,15H2,1H3. The van der Waals surface area contributed by atoms with Gasteiger partial charge in [0.25, 0.3) is 0 Å². The third kappa shape index (κ3) is 3.58. The number of ether oxygens (including phenoxy) is 1. The van der Waals surface area contributed by atoms with Gasteiger partial charge >= 0.3 is 0 Å². The number of nitrogens with two attached hydrogens (primary N) is 1. The fourth-order valence-corrected chi connectivity index (χ4v) is 2.14. The van der Waals surface area contributed by atoms with E-state index in [4.69, 9.17) is 10.5 Å². The van der Waals surface area contributed by atoms with Crippen molar-refractivity contribution in [3.8, 4) is 0 Å². The summed E-state index contributed by atoms with van der Waals surface area (Å²) >= 11 is 0. The van der Waals surface area contributed by atoms with E-state index in [1.54, 1.807) is 6.07 Å². The minimum absolute atomic E-state index is 0.215. The van der Waals surface area contributed by atoms with E-state index in [2.05, 4.69) is 17.1 Å². The molecule has 0 aromatic heterocycles. The minimum atomic E-state index is -0.273. The van der Waals surface area contributed by atoms with Crippen LogP contribution in [0.25, 0.3) is 0 Å². The third-order valence-corrected chi connectivity index (χ3v) is 3.05. The second kappa shape index (κ2) is 6.02. The van der Waals surface area contributed by atoms with Crippen LogP contribution in [-0.4, -0.2) is 43.8 Å². The summed E-state index contributed by atoms with van der Waals surface area (Å²) in [7, 11) is 0. The highest BCUT2D eigenvalue weighted by molar-refractivity contribution is 5.66. The molecular formula is C13H20FN3O. The largest absolute Gasteiger partial charge is 0.397 e. The second-order valence-corrected chi connectivity index (χ2v) is 4.69. The van der Waals surface area contributed by atoms with Gasteiger partial charge in [-0.3, -0.25) is 4.90 Å². The summed E-state index contributed by atoms with van der Waals surface area (Å²) in [4.78, 5) is 2.33. The zero-order chi connectivity index (χ0) is 13.0. The van der Waals surface area contributed by atoms with Crippen molar-refractivity contribution in [3.05, 3.63) is 24.0 Å². The predicted octanol–water partition coefficient (Wildman–Crippen LogP) is 1.54. The van der Waals surface area contributed by atoms with E-state index in [0.717, 1.165) is 32.8 Å². The smallest absolute Gasteiger partial charge is 0.125 e. The van der Waals surface area contributed by atoms with Crippen molar-refractivity contribution in [2.24, 2.45) is 0 Å². The molecular weight excluding hydrogens is 233 g/mol. The van der Waals surface area contributed by atoms with Crippen LogP contribution in [0.1, 0.15) is 6.92 Å². The molecule has 100 valence electrons. The quantitative estimate of drug-likeness (QED) is 0.799. The zero-order valence-corrected chi connectivity index (χ0v) is 10.7. The molecule has 1 atom stereocenters. The van der Waals surface area contributed by atoms with Crippen molar-refractivity contribution >= 4 is 11.4 Å². The lowest BCUT2D eigenvalue weighted by atomic mass is 10.2. The Hall–Kier alpha value is -1.33. The molecule has 4 nitrogen and oxygen atoms in total. The van der Waals surface area contributed by atoms with Gasteiger partial charge in [-0.2, -0.15) is 0 Å². The van der Waals surface area contributed by atoms with Gasteiger partial charge in [-0.05, 0) is 25.1 Å². The second-order valence-electron chi connectivity index (χ2n) is 4.69. The number of nitrogen functional groups attached to an aromatic ring is 1. The summed E-state index contributed by atoms with van der Waals surface area (Å²) in [6.45, 7) is 6.44. The van der Waals surface area contributed by atoms with Gasteiger partial charge in [-0.25, -0.2) is 4.39 Å². The molecule has 0 aliphatic carbocycles. The molecule has 5 heteroatoms. The van der Waals surface area contributed by atoms with E-state index >= 15 is 0 Å². The van der Waals surface area contributed by atoms with Crippen molar-refractivity contribution in [1.29, 1.82) is 0 Å². The highest BCUT2D eigenvalue weighted by Crippen LogP contribution is 2.20. The van der Waals surface area contributed by atoms with Crippen LogP contribution in [0, 0.1) is 5.82 Å². The predicted molar refractivity (Wildman–Crippen MR) is 71.2 cm³/mol. The topological polar surface area (TPSA) is 50.5 Å². The van der Waals surface area contributed by atoms with Crippen molar-refractivity contribution < 1.29 is 9.13 Å². The van der Waals surface area contributed by atoms with Crippen LogP contribution in [0.2, 0.25) is 0 Å². The van der Waals surface area contributed by atoms with E-state index in [1.807, 2.05) is 0 Å². The third-order valence-electron chi connectivity index (χ3n) is 3.05. The Balaban J connectivity index is 1.89. The number of halogens is 1. The Labute approximate surface area is 107 Å². The van der Waals surface area contributed by atoms with Crippen LogP contribution in [0.15, 0.2) is 18.2 Å². The van der Waals surface area contributed by atoms with E-state index in [0.29, 0.717) is 11.4 Å². The van der Waals surface area contributed by atoms with E-state index in [-0.39, 0.29) is 11.9 Å². The van der Waals surface area contributed by atoms with Gasteiger partial charge in [0.1, 0.15) is 5.82 Å². The molecule has 3 N–H and O–H groups in total. The minimum Gasteiger partial charge on any atom is -0.397 e. The molecule has 1 aromatic rings. The van der Waals surface area contributed by atoms with E-state index in [1.165, 1.54) is 12.1 Å². The molecule has 0 radical (unpaired) electrons. The maximum absolute atomic E-state index is 13.1. The van der Waals surface area contributed by atoms with E-state index < -0.39 is 0 Å². The van der Waals surface area contributed by atoms with E-state index in [9.17, 15) is 4.39 Å². The van der Waals surface area contributed by atoms with Crippen molar-refractivity contribution in [1.82, 2.24) is 4.90 Å². The van der Waals surface area contributed by atoms with Crippen molar-refractivity contribution in [2.45, 2.75) is 13.0 Å². The summed E-state index contributed by atoms with van der Waals surface area (Å²) in [5, 5.41) is 3.25. The summed E-state index contributed by atoms with van der Waals surface area (Å²) in [6, 6.07) is 4.60. The van der Waals surface area contributed by atoms with Crippen LogP contribution in [0.5, 0.6) is 0 Å². The first-order valence-electron chi connectivity index (χ1n) is 6.27. The van der Waals surface area contributed by atoms with Gasteiger partial charge in [-0.15, -0.1) is 0 Å². The number of anilines is 2. The Bertz CT molecular complexity index is 394. The summed E-state index contributed by atoms with van der Waals surface area (Å²) < 4.78 is 18.4. The van der Waals surface area contributed by atoms with Gasteiger partial charge < -0.3 is 15.8 Å². The van der Waals surface area contributed by atoms with Gasteiger partial charge in [0.2, 0.25) is 0 Å². The van der Waals surface area contributed by atoms with Gasteiger partial charge in [0, 0.05) is 25.7 Å². The molecule has 18 heavy (non-hydrogen) atoms. The Morgan fingerprint density at radius 3 is 2.89 bits per heavy atom. The number of benzene rings is 1. The fraction of sp³-hybridized carbons (Fsp3) is 0.538. The van der Waals surface area contributed by atoms with Crippen molar-refractivity contribution in [2.75, 3.05) is 43.9 Å². The maximum Gasteiger partial charge on any atom is 0.125 e. The zero-order valence-electron chi connectivity index (χ0n) is 10.7. The molecule has 0 saturated carbocycles. The fourth-order valence-electron chi connectivity index (χ4n) is 2.14. The van der Waals surface area contributed by atoms with Crippen LogP contribution in [0.3, 0.4) is 0 Å². The number of nitrogens with one attached hydrogen (secondary N) is 1. The highest BCUT2D eigenvalue weighted by Gasteiger charge is 2.14. The lowest BCUT2D eigenvalue weighted by Gasteiger charge is -2.29. The lowest BCUT2D eigenvalue weighted by molar-refractivity contribution is 0.0368. The molecule has 0 amide bonds. The Morgan fingerprint density at radius 2 is 2.17 bits per heavy atom. The molecule has 0 spiro atoms. The normalized spacial score (nSPS) is 18.6. The number of nitrogens with zero attached hydrogens (tertiary/aromatic N) is 1. The van der Waals surface area contributed by atoms with Crippen molar-refractivity contribution in [3.63, 3.8) is 0 Å².